The molecule has 20 heavy (non-hydrogen) atoms. The monoisotopic (exact) mass is 273 g/mol. The van der Waals surface area contributed by atoms with Crippen molar-refractivity contribution in [1.82, 2.24) is 4.98 Å². The number of nitrogens with one attached hydrogen (secondary N) is 1. The van der Waals surface area contributed by atoms with Crippen LogP contribution in [0.4, 0.5) is 10.1 Å². The van der Waals surface area contributed by atoms with Gasteiger partial charge >= 0.3 is 0 Å². The molecule has 102 valence electrons. The van der Waals surface area contributed by atoms with Crippen molar-refractivity contribution in [2.45, 2.75) is 6.92 Å². The van der Waals surface area contributed by atoms with Gasteiger partial charge in [-0.25, -0.2) is 4.39 Å². The number of primary amides is 1. The number of pyridine rings is 1. The first-order valence-corrected chi connectivity index (χ1v) is 5.81. The van der Waals surface area contributed by atoms with Gasteiger partial charge in [0.05, 0.1) is 5.56 Å². The van der Waals surface area contributed by atoms with Gasteiger partial charge in [0.15, 0.2) is 0 Å². The summed E-state index contributed by atoms with van der Waals surface area (Å²) in [6.07, 6.45) is 1.33. The molecule has 0 saturated heterocycles. The fourth-order valence-electron chi connectivity index (χ4n) is 1.65. The van der Waals surface area contributed by atoms with Crippen molar-refractivity contribution in [3.8, 4) is 0 Å². The molecule has 0 aliphatic carbocycles. The number of nitrogens with two attached hydrogens (primary N) is 1. The lowest BCUT2D eigenvalue weighted by Gasteiger charge is -2.07. The number of halogens is 1. The first-order chi connectivity index (χ1) is 9.47. The summed E-state index contributed by atoms with van der Waals surface area (Å²) in [5.41, 5.74) is 6.08. The van der Waals surface area contributed by atoms with E-state index < -0.39 is 17.6 Å². The van der Waals surface area contributed by atoms with Crippen LogP contribution in [0.5, 0.6) is 0 Å². The van der Waals surface area contributed by atoms with E-state index in [1.165, 1.54) is 30.5 Å². The number of anilines is 1. The van der Waals surface area contributed by atoms with Gasteiger partial charge in [-0.15, -0.1) is 0 Å². The molecule has 5 nitrogen and oxygen atoms in total. The minimum Gasteiger partial charge on any atom is -0.364 e. The number of hydrogen-bond acceptors (Lipinski definition) is 3. The number of aromatic nitrogens is 1. The van der Waals surface area contributed by atoms with Gasteiger partial charge < -0.3 is 11.1 Å². The van der Waals surface area contributed by atoms with Crippen LogP contribution in [0.2, 0.25) is 0 Å². The topological polar surface area (TPSA) is 85.1 Å². The minimum atomic E-state index is -0.706. The molecule has 0 atom stereocenters. The zero-order valence-electron chi connectivity index (χ0n) is 10.7. The fraction of sp³-hybridized carbons (Fsp3) is 0.0714. The maximum Gasteiger partial charge on any atom is 0.267 e. The minimum absolute atomic E-state index is 0.0205. The maximum absolute atomic E-state index is 13.7. The standard InChI is InChI=1S/C14H12FN3O2/c1-8-2-3-10(11(15)6-8)14(20)18-9-4-5-17-12(7-9)13(16)19/h2-7H,1H3,(H2,16,19)(H,17,18,20). The highest BCUT2D eigenvalue weighted by atomic mass is 19.1. The third-order valence-corrected chi connectivity index (χ3v) is 2.64. The zero-order valence-corrected chi connectivity index (χ0v) is 10.7. The van der Waals surface area contributed by atoms with Crippen LogP contribution in [0.1, 0.15) is 26.4 Å². The van der Waals surface area contributed by atoms with E-state index in [2.05, 4.69) is 10.3 Å². The second kappa shape index (κ2) is 5.48. The molecule has 1 heterocycles. The van der Waals surface area contributed by atoms with E-state index in [0.29, 0.717) is 5.69 Å². The molecule has 1 aromatic carbocycles. The summed E-state index contributed by atoms with van der Waals surface area (Å²) in [4.78, 5) is 26.7. The Kier molecular flexibility index (Phi) is 3.74. The highest BCUT2D eigenvalue weighted by Crippen LogP contribution is 2.14. The number of amides is 2. The Morgan fingerprint density at radius 2 is 2.00 bits per heavy atom. The molecular weight excluding hydrogens is 261 g/mol. The smallest absolute Gasteiger partial charge is 0.267 e. The molecule has 2 aromatic rings. The molecule has 0 aliphatic heterocycles. The SMILES string of the molecule is Cc1ccc(C(=O)Nc2ccnc(C(N)=O)c2)c(F)c1. The van der Waals surface area contributed by atoms with Gasteiger partial charge in [0.1, 0.15) is 11.5 Å². The average molecular weight is 273 g/mol. The second-order valence-electron chi connectivity index (χ2n) is 4.23. The molecule has 0 spiro atoms. The molecule has 3 N–H and O–H groups in total. The molecule has 0 unspecified atom stereocenters. The number of benzene rings is 1. The second-order valence-corrected chi connectivity index (χ2v) is 4.23. The van der Waals surface area contributed by atoms with Gasteiger partial charge in [-0.3, -0.25) is 14.6 Å². The van der Waals surface area contributed by atoms with Crippen LogP contribution < -0.4 is 11.1 Å². The highest BCUT2D eigenvalue weighted by Gasteiger charge is 2.12. The Bertz CT molecular complexity index is 686. The molecule has 2 amide bonds. The molecule has 0 radical (unpaired) electrons. The van der Waals surface area contributed by atoms with Gasteiger partial charge in [-0.1, -0.05) is 6.07 Å². The summed E-state index contributed by atoms with van der Waals surface area (Å²) in [5, 5.41) is 2.49. The van der Waals surface area contributed by atoms with Crippen molar-refractivity contribution in [2.24, 2.45) is 5.73 Å². The average Bonchev–Trinajstić information content (AvgIpc) is 2.38. The molecule has 0 bridgehead atoms. The van der Waals surface area contributed by atoms with Crippen molar-refractivity contribution >= 4 is 17.5 Å². The summed E-state index contributed by atoms with van der Waals surface area (Å²) in [6.45, 7) is 1.73. The third kappa shape index (κ3) is 2.97. The molecule has 0 aliphatic rings. The van der Waals surface area contributed by atoms with Gasteiger partial charge in [-0.05, 0) is 36.8 Å². The number of carbonyl (C=O) groups excluding carboxylic acids is 2. The number of aryl methyl sites for hydroxylation is 1. The van der Waals surface area contributed by atoms with Gasteiger partial charge in [-0.2, -0.15) is 0 Å². The predicted molar refractivity (Wildman–Crippen MR) is 71.8 cm³/mol. The molecule has 0 fully saturated rings. The van der Waals surface area contributed by atoms with Crippen LogP contribution in [-0.4, -0.2) is 16.8 Å². The van der Waals surface area contributed by atoms with Crippen LogP contribution in [0.15, 0.2) is 36.5 Å². The lowest BCUT2D eigenvalue weighted by molar-refractivity contribution is 0.0991. The van der Waals surface area contributed by atoms with Crippen molar-refractivity contribution in [3.63, 3.8) is 0 Å². The summed E-state index contributed by atoms with van der Waals surface area (Å²) in [6, 6.07) is 7.12. The largest absolute Gasteiger partial charge is 0.364 e. The Hall–Kier alpha value is -2.76. The normalized spacial score (nSPS) is 10.1. The maximum atomic E-state index is 13.7. The molecule has 2 rings (SSSR count). The van der Waals surface area contributed by atoms with E-state index in [1.807, 2.05) is 0 Å². The molecule has 0 saturated carbocycles. The van der Waals surface area contributed by atoms with Crippen molar-refractivity contribution in [3.05, 3.63) is 59.2 Å². The first kappa shape index (κ1) is 13.7. The van der Waals surface area contributed by atoms with E-state index in [0.717, 1.165) is 5.56 Å². The number of carbonyl (C=O) groups is 2. The van der Waals surface area contributed by atoms with Crippen LogP contribution in [0.25, 0.3) is 0 Å². The molecule has 1 aromatic heterocycles. The third-order valence-electron chi connectivity index (χ3n) is 2.64. The Balaban J connectivity index is 2.23. The lowest BCUT2D eigenvalue weighted by atomic mass is 10.1. The van der Waals surface area contributed by atoms with Crippen LogP contribution in [-0.2, 0) is 0 Å². The number of hydrogen-bond donors (Lipinski definition) is 2. The van der Waals surface area contributed by atoms with E-state index in [-0.39, 0.29) is 11.3 Å². The van der Waals surface area contributed by atoms with Crippen molar-refractivity contribution in [2.75, 3.05) is 5.32 Å². The first-order valence-electron chi connectivity index (χ1n) is 5.81. The van der Waals surface area contributed by atoms with Crippen molar-refractivity contribution in [1.29, 1.82) is 0 Å². The zero-order chi connectivity index (χ0) is 14.7. The van der Waals surface area contributed by atoms with E-state index in [1.54, 1.807) is 13.0 Å². The number of nitrogens with zero attached hydrogens (tertiary/aromatic N) is 1. The predicted octanol–water partition coefficient (Wildman–Crippen LogP) is 1.88. The van der Waals surface area contributed by atoms with Crippen molar-refractivity contribution < 1.29 is 14.0 Å². The van der Waals surface area contributed by atoms with Gasteiger partial charge in [0.25, 0.3) is 11.8 Å². The highest BCUT2D eigenvalue weighted by molar-refractivity contribution is 6.05. The summed E-state index contributed by atoms with van der Waals surface area (Å²) in [5.74, 6) is -1.92. The van der Waals surface area contributed by atoms with Crippen LogP contribution >= 0.6 is 0 Å². The Morgan fingerprint density at radius 3 is 2.65 bits per heavy atom. The fourth-order valence-corrected chi connectivity index (χ4v) is 1.65. The summed E-state index contributed by atoms with van der Waals surface area (Å²) < 4.78 is 13.7. The number of rotatable bonds is 3. The van der Waals surface area contributed by atoms with Gasteiger partial charge in [0, 0.05) is 11.9 Å². The Morgan fingerprint density at radius 1 is 1.25 bits per heavy atom. The van der Waals surface area contributed by atoms with E-state index in [4.69, 9.17) is 5.73 Å². The van der Waals surface area contributed by atoms with Gasteiger partial charge in [0.2, 0.25) is 0 Å². The lowest BCUT2D eigenvalue weighted by Crippen LogP contribution is -2.16. The van der Waals surface area contributed by atoms with E-state index in [9.17, 15) is 14.0 Å². The Labute approximate surface area is 114 Å². The molecule has 6 heteroatoms. The van der Waals surface area contributed by atoms with Crippen LogP contribution in [0, 0.1) is 12.7 Å². The summed E-state index contributed by atoms with van der Waals surface area (Å²) >= 11 is 0. The summed E-state index contributed by atoms with van der Waals surface area (Å²) in [7, 11) is 0. The van der Waals surface area contributed by atoms with Crippen LogP contribution in [0.3, 0.4) is 0 Å². The quantitative estimate of drug-likeness (QED) is 0.895. The molecular formula is C14H12FN3O2. The van der Waals surface area contributed by atoms with E-state index >= 15 is 0 Å².